The Morgan fingerprint density at radius 1 is 1.23 bits per heavy atom. The number of hydrazone groups is 1. The normalized spacial score (nSPS) is 10.8. The van der Waals surface area contributed by atoms with Gasteiger partial charge in [0.05, 0.1) is 24.0 Å². The third kappa shape index (κ3) is 4.20. The molecule has 0 bridgehead atoms. The van der Waals surface area contributed by atoms with Gasteiger partial charge >= 0.3 is 0 Å². The molecule has 7 nitrogen and oxygen atoms in total. The smallest absolute Gasteiger partial charge is 0.252 e. The van der Waals surface area contributed by atoms with Crippen molar-refractivity contribution in [2.75, 3.05) is 12.5 Å². The second-order valence-electron chi connectivity index (χ2n) is 5.29. The number of H-pyrrole nitrogens is 1. The fourth-order valence-corrected chi connectivity index (χ4v) is 2.38. The van der Waals surface area contributed by atoms with Crippen LogP contribution in [0, 0.1) is 0 Å². The number of rotatable bonds is 5. The third-order valence-corrected chi connectivity index (χ3v) is 3.79. The van der Waals surface area contributed by atoms with E-state index >= 15 is 0 Å². The van der Waals surface area contributed by atoms with Crippen molar-refractivity contribution in [2.45, 2.75) is 0 Å². The van der Waals surface area contributed by atoms with Gasteiger partial charge in [0, 0.05) is 11.6 Å². The number of ether oxygens (including phenoxy) is 1. The van der Waals surface area contributed by atoms with Gasteiger partial charge in [0.1, 0.15) is 11.5 Å². The molecular weight excluding hydrogens is 356 g/mol. The first-order valence-electron chi connectivity index (χ1n) is 7.58. The number of phenolic OH excluding ortho intramolecular Hbond substituents is 1. The van der Waals surface area contributed by atoms with Crippen molar-refractivity contribution < 1.29 is 9.84 Å². The van der Waals surface area contributed by atoms with Crippen LogP contribution in [0.5, 0.6) is 11.5 Å². The molecule has 1 aromatic heterocycles. The molecule has 3 rings (SSSR count). The number of anilines is 1. The average molecular weight is 371 g/mol. The van der Waals surface area contributed by atoms with Crippen molar-refractivity contribution >= 4 is 23.8 Å². The topological polar surface area (TPSA) is 99.6 Å². The molecule has 2 aromatic carbocycles. The first-order valence-corrected chi connectivity index (χ1v) is 7.96. The Morgan fingerprint density at radius 3 is 2.69 bits per heavy atom. The zero-order valence-electron chi connectivity index (χ0n) is 13.7. The van der Waals surface area contributed by atoms with Crippen LogP contribution in [-0.4, -0.2) is 28.4 Å². The molecule has 0 atom stereocenters. The summed E-state index contributed by atoms with van der Waals surface area (Å²) in [5.74, 6) is 0.911. The predicted octanol–water partition coefficient (Wildman–Crippen LogP) is 3.25. The molecule has 0 amide bonds. The van der Waals surface area contributed by atoms with E-state index in [0.29, 0.717) is 17.0 Å². The maximum Gasteiger partial charge on any atom is 0.252 e. The van der Waals surface area contributed by atoms with E-state index in [0.717, 1.165) is 5.56 Å². The molecular formula is C18H15ClN4O3. The van der Waals surface area contributed by atoms with Crippen LogP contribution >= 0.6 is 11.6 Å². The van der Waals surface area contributed by atoms with Gasteiger partial charge in [-0.25, -0.2) is 10.4 Å². The lowest BCUT2D eigenvalue weighted by Gasteiger charge is -2.05. The number of hydrogen-bond acceptors (Lipinski definition) is 6. The van der Waals surface area contributed by atoms with Gasteiger partial charge in [-0.15, -0.1) is 0 Å². The van der Waals surface area contributed by atoms with Gasteiger partial charge in [-0.1, -0.05) is 11.6 Å². The molecule has 0 aliphatic carbocycles. The summed E-state index contributed by atoms with van der Waals surface area (Å²) in [6.45, 7) is 0. The van der Waals surface area contributed by atoms with Crippen LogP contribution in [0.25, 0.3) is 11.3 Å². The Kier molecular flexibility index (Phi) is 5.19. The number of halogens is 1. The lowest BCUT2D eigenvalue weighted by atomic mass is 10.1. The van der Waals surface area contributed by atoms with Gasteiger partial charge in [0.2, 0.25) is 5.95 Å². The Labute approximate surface area is 154 Å². The molecule has 0 saturated carbocycles. The largest absolute Gasteiger partial charge is 0.506 e. The Bertz CT molecular complexity index is 1000. The highest BCUT2D eigenvalue weighted by Crippen LogP contribution is 2.23. The molecule has 26 heavy (non-hydrogen) atoms. The first-order chi connectivity index (χ1) is 12.5. The van der Waals surface area contributed by atoms with Gasteiger partial charge in [0.15, 0.2) is 0 Å². The Hall–Kier alpha value is -3.32. The second kappa shape index (κ2) is 7.71. The standard InChI is InChI=1S/C18H15ClN4O3/c1-26-13-5-3-12(4-6-13)15-9-17(25)22-18(21-15)23-20-10-11-2-7-16(24)14(19)8-11/h2-10,24H,1H3,(H2,21,22,23,25)/b20-10-. The molecule has 3 aromatic rings. The molecule has 0 aliphatic heterocycles. The number of nitrogens with zero attached hydrogens (tertiary/aromatic N) is 2. The first kappa shape index (κ1) is 17.5. The van der Waals surface area contributed by atoms with Crippen LogP contribution in [0.4, 0.5) is 5.95 Å². The fraction of sp³-hybridized carbons (Fsp3) is 0.0556. The van der Waals surface area contributed by atoms with E-state index in [9.17, 15) is 9.90 Å². The van der Waals surface area contributed by atoms with Crippen molar-refractivity contribution in [2.24, 2.45) is 5.10 Å². The summed E-state index contributed by atoms with van der Waals surface area (Å²) in [6, 6.07) is 13.3. The van der Waals surface area contributed by atoms with Gasteiger partial charge in [-0.05, 0) is 48.0 Å². The monoisotopic (exact) mass is 370 g/mol. The molecule has 0 unspecified atom stereocenters. The number of benzene rings is 2. The third-order valence-electron chi connectivity index (χ3n) is 3.48. The highest BCUT2D eigenvalue weighted by atomic mass is 35.5. The molecule has 8 heteroatoms. The minimum atomic E-state index is -0.309. The van der Waals surface area contributed by atoms with Crippen LogP contribution < -0.4 is 15.7 Å². The van der Waals surface area contributed by atoms with Crippen LogP contribution in [0.2, 0.25) is 5.02 Å². The summed E-state index contributed by atoms with van der Waals surface area (Å²) < 4.78 is 5.12. The number of aromatic amines is 1. The van der Waals surface area contributed by atoms with Gasteiger partial charge in [-0.3, -0.25) is 9.78 Å². The van der Waals surface area contributed by atoms with E-state index in [-0.39, 0.29) is 22.3 Å². The van der Waals surface area contributed by atoms with Crippen LogP contribution in [0.15, 0.2) is 58.4 Å². The number of aromatic hydroxyl groups is 1. The van der Waals surface area contributed by atoms with Gasteiger partial charge < -0.3 is 9.84 Å². The summed E-state index contributed by atoms with van der Waals surface area (Å²) in [5.41, 5.74) is 4.31. The minimum Gasteiger partial charge on any atom is -0.506 e. The summed E-state index contributed by atoms with van der Waals surface area (Å²) in [5, 5.41) is 13.6. The SMILES string of the molecule is COc1ccc(-c2cc(=O)[nH]c(N/N=C\c3ccc(O)c(Cl)c3)n2)cc1. The number of nitrogens with one attached hydrogen (secondary N) is 2. The van der Waals surface area contributed by atoms with Crippen molar-refractivity contribution in [3.05, 3.63) is 69.5 Å². The van der Waals surface area contributed by atoms with E-state index in [1.54, 1.807) is 31.4 Å². The Balaban J connectivity index is 1.79. The maximum absolute atomic E-state index is 11.9. The zero-order chi connectivity index (χ0) is 18.5. The molecule has 0 radical (unpaired) electrons. The van der Waals surface area contributed by atoms with Crippen molar-refractivity contribution in [3.8, 4) is 22.8 Å². The van der Waals surface area contributed by atoms with E-state index in [2.05, 4.69) is 20.5 Å². The van der Waals surface area contributed by atoms with E-state index in [1.807, 2.05) is 12.1 Å². The maximum atomic E-state index is 11.9. The number of phenols is 1. The minimum absolute atomic E-state index is 0.00466. The lowest BCUT2D eigenvalue weighted by molar-refractivity contribution is 0.415. The van der Waals surface area contributed by atoms with E-state index in [4.69, 9.17) is 16.3 Å². The molecule has 0 aliphatic rings. The highest BCUT2D eigenvalue weighted by molar-refractivity contribution is 6.32. The summed E-state index contributed by atoms with van der Waals surface area (Å²) >= 11 is 5.84. The summed E-state index contributed by atoms with van der Waals surface area (Å²) in [6.07, 6.45) is 1.49. The van der Waals surface area contributed by atoms with Crippen molar-refractivity contribution in [3.63, 3.8) is 0 Å². The van der Waals surface area contributed by atoms with Crippen molar-refractivity contribution in [1.82, 2.24) is 9.97 Å². The van der Waals surface area contributed by atoms with E-state index < -0.39 is 0 Å². The lowest BCUT2D eigenvalue weighted by Crippen LogP contribution is -2.10. The molecule has 1 heterocycles. The second-order valence-corrected chi connectivity index (χ2v) is 5.70. The average Bonchev–Trinajstić information content (AvgIpc) is 2.64. The number of methoxy groups -OCH3 is 1. The van der Waals surface area contributed by atoms with Crippen molar-refractivity contribution in [1.29, 1.82) is 0 Å². The number of hydrogen-bond donors (Lipinski definition) is 3. The molecule has 132 valence electrons. The highest BCUT2D eigenvalue weighted by Gasteiger charge is 2.04. The molecule has 0 fully saturated rings. The number of aromatic nitrogens is 2. The predicted molar refractivity (Wildman–Crippen MR) is 101 cm³/mol. The summed E-state index contributed by atoms with van der Waals surface area (Å²) in [4.78, 5) is 18.8. The van der Waals surface area contributed by atoms with Crippen LogP contribution in [0.1, 0.15) is 5.56 Å². The van der Waals surface area contributed by atoms with Crippen LogP contribution in [-0.2, 0) is 0 Å². The summed E-state index contributed by atoms with van der Waals surface area (Å²) in [7, 11) is 1.59. The molecule has 3 N–H and O–H groups in total. The quantitative estimate of drug-likeness (QED) is 0.473. The Morgan fingerprint density at radius 2 is 2.00 bits per heavy atom. The van der Waals surface area contributed by atoms with Gasteiger partial charge in [-0.2, -0.15) is 5.10 Å². The van der Waals surface area contributed by atoms with Gasteiger partial charge in [0.25, 0.3) is 5.56 Å². The van der Waals surface area contributed by atoms with E-state index in [1.165, 1.54) is 18.3 Å². The fourth-order valence-electron chi connectivity index (χ4n) is 2.19. The zero-order valence-corrected chi connectivity index (χ0v) is 14.5. The van der Waals surface area contributed by atoms with Crippen LogP contribution in [0.3, 0.4) is 0 Å². The molecule has 0 saturated heterocycles. The molecule has 0 spiro atoms.